The Kier molecular flexibility index (Phi) is 6.18. The highest BCUT2D eigenvalue weighted by atomic mass is 16.5. The van der Waals surface area contributed by atoms with E-state index in [0.29, 0.717) is 23.6 Å². The van der Waals surface area contributed by atoms with Crippen LogP contribution in [0.4, 0.5) is 0 Å². The number of ether oxygens (including phenoxy) is 2. The summed E-state index contributed by atoms with van der Waals surface area (Å²) in [6.45, 7) is 0.618. The van der Waals surface area contributed by atoms with Crippen LogP contribution in [0, 0.1) is 0 Å². The molecule has 0 aliphatic carbocycles. The molecule has 0 aromatic heterocycles. The maximum absolute atomic E-state index is 13.3. The number of methoxy groups -OCH3 is 2. The molecule has 0 radical (unpaired) electrons. The summed E-state index contributed by atoms with van der Waals surface area (Å²) in [7, 11) is 3.21. The van der Waals surface area contributed by atoms with Gasteiger partial charge in [-0.1, -0.05) is 66.7 Å². The minimum atomic E-state index is 0.00423. The fourth-order valence-electron chi connectivity index (χ4n) is 3.73. The van der Waals surface area contributed by atoms with Crippen molar-refractivity contribution in [3.05, 3.63) is 107 Å². The average Bonchev–Trinajstić information content (AvgIpc) is 3.13. The highest BCUT2D eigenvalue weighted by molar-refractivity contribution is 6.10. The van der Waals surface area contributed by atoms with Gasteiger partial charge in [0.1, 0.15) is 0 Å². The Morgan fingerprint density at radius 3 is 2.19 bits per heavy atom. The molecule has 3 aromatic rings. The van der Waals surface area contributed by atoms with E-state index in [1.165, 1.54) is 5.56 Å². The van der Waals surface area contributed by atoms with Gasteiger partial charge < -0.3 is 14.4 Å². The van der Waals surface area contributed by atoms with Gasteiger partial charge in [0.05, 0.1) is 19.9 Å². The van der Waals surface area contributed by atoms with Crippen LogP contribution in [0.3, 0.4) is 0 Å². The first-order valence-corrected chi connectivity index (χ1v) is 10.3. The molecule has 156 valence electrons. The zero-order chi connectivity index (χ0) is 21.6. The van der Waals surface area contributed by atoms with Gasteiger partial charge in [-0.05, 0) is 47.4 Å². The highest BCUT2D eigenvalue weighted by Gasteiger charge is 2.28. The molecule has 4 nitrogen and oxygen atoms in total. The minimum absolute atomic E-state index is 0.00423. The van der Waals surface area contributed by atoms with E-state index in [0.717, 1.165) is 23.2 Å². The van der Waals surface area contributed by atoms with Crippen LogP contribution in [0.25, 0.3) is 11.8 Å². The Morgan fingerprint density at radius 2 is 1.52 bits per heavy atom. The number of carbonyl (C=O) groups is 1. The van der Waals surface area contributed by atoms with E-state index < -0.39 is 0 Å². The molecule has 1 heterocycles. The summed E-state index contributed by atoms with van der Waals surface area (Å²) in [5, 5.41) is 0. The number of nitrogens with zero attached hydrogens (tertiary/aromatic N) is 1. The predicted octanol–water partition coefficient (Wildman–Crippen LogP) is 5.21. The molecular formula is C27H25NO3. The molecule has 31 heavy (non-hydrogen) atoms. The van der Waals surface area contributed by atoms with Crippen molar-refractivity contribution < 1.29 is 14.3 Å². The van der Waals surface area contributed by atoms with Gasteiger partial charge in [0.25, 0.3) is 5.91 Å². The van der Waals surface area contributed by atoms with Gasteiger partial charge in [-0.15, -0.1) is 0 Å². The van der Waals surface area contributed by atoms with Crippen molar-refractivity contribution in [2.24, 2.45) is 0 Å². The van der Waals surface area contributed by atoms with Gasteiger partial charge >= 0.3 is 0 Å². The average molecular weight is 412 g/mol. The summed E-state index contributed by atoms with van der Waals surface area (Å²) in [5.74, 6) is 1.30. The number of benzene rings is 3. The quantitative estimate of drug-likeness (QED) is 0.501. The highest BCUT2D eigenvalue weighted by Crippen LogP contribution is 2.33. The lowest BCUT2D eigenvalue weighted by Gasteiger charge is -2.20. The molecular weight excluding hydrogens is 386 g/mol. The topological polar surface area (TPSA) is 38.8 Å². The van der Waals surface area contributed by atoms with Crippen molar-refractivity contribution in [3.8, 4) is 11.5 Å². The fraction of sp³-hybridized carbons (Fsp3) is 0.148. The van der Waals surface area contributed by atoms with Crippen LogP contribution in [-0.4, -0.2) is 31.6 Å². The van der Waals surface area contributed by atoms with Crippen molar-refractivity contribution in [1.29, 1.82) is 0 Å². The van der Waals surface area contributed by atoms with Crippen LogP contribution >= 0.6 is 0 Å². The van der Waals surface area contributed by atoms with Gasteiger partial charge in [0.15, 0.2) is 11.5 Å². The largest absolute Gasteiger partial charge is 0.493 e. The van der Waals surface area contributed by atoms with E-state index in [4.69, 9.17) is 9.47 Å². The Morgan fingerprint density at radius 1 is 0.839 bits per heavy atom. The van der Waals surface area contributed by atoms with Crippen LogP contribution in [0.1, 0.15) is 16.7 Å². The van der Waals surface area contributed by atoms with Gasteiger partial charge in [0.2, 0.25) is 0 Å². The zero-order valence-corrected chi connectivity index (χ0v) is 17.7. The van der Waals surface area contributed by atoms with E-state index in [2.05, 4.69) is 12.1 Å². The minimum Gasteiger partial charge on any atom is -0.493 e. The number of amides is 1. The molecule has 0 atom stereocenters. The van der Waals surface area contributed by atoms with E-state index in [1.807, 2.05) is 83.8 Å². The Hall–Kier alpha value is -3.79. The molecule has 0 saturated carbocycles. The fourth-order valence-corrected chi connectivity index (χ4v) is 3.73. The molecule has 0 spiro atoms. The van der Waals surface area contributed by atoms with E-state index in [1.54, 1.807) is 14.2 Å². The standard InChI is InChI=1S/C27H25NO3/c1-30-25-14-13-21(18-26(25)31-2)17-23-19-24(22-11-7-4-8-12-22)28(27(23)29)16-15-20-9-5-3-6-10-20/h3-14,17-19H,15-16H2,1-2H3/b23-17+. The van der Waals surface area contributed by atoms with Crippen LogP contribution in [-0.2, 0) is 11.2 Å². The van der Waals surface area contributed by atoms with Crippen molar-refractivity contribution >= 4 is 17.7 Å². The SMILES string of the molecule is COc1ccc(/C=C2\C=C(c3ccccc3)N(CCc3ccccc3)C2=O)cc1OC. The lowest BCUT2D eigenvalue weighted by Crippen LogP contribution is -2.27. The zero-order valence-electron chi connectivity index (χ0n) is 17.7. The first kappa shape index (κ1) is 20.5. The van der Waals surface area contributed by atoms with Gasteiger partial charge in [-0.25, -0.2) is 0 Å². The smallest absolute Gasteiger partial charge is 0.258 e. The molecule has 0 bridgehead atoms. The third-order valence-electron chi connectivity index (χ3n) is 5.34. The lowest BCUT2D eigenvalue weighted by atomic mass is 10.1. The first-order valence-electron chi connectivity index (χ1n) is 10.3. The van der Waals surface area contributed by atoms with Crippen LogP contribution in [0.5, 0.6) is 11.5 Å². The Balaban J connectivity index is 1.66. The lowest BCUT2D eigenvalue weighted by molar-refractivity contribution is -0.122. The van der Waals surface area contributed by atoms with Gasteiger partial charge in [0, 0.05) is 12.1 Å². The maximum atomic E-state index is 13.3. The first-order chi connectivity index (χ1) is 15.2. The molecule has 0 fully saturated rings. The molecule has 0 saturated heterocycles. The Bertz CT molecular complexity index is 1120. The summed E-state index contributed by atoms with van der Waals surface area (Å²) in [4.78, 5) is 15.2. The second kappa shape index (κ2) is 9.35. The molecule has 1 aliphatic heterocycles. The Labute approximate surface area is 183 Å². The van der Waals surface area contributed by atoms with E-state index in [9.17, 15) is 4.79 Å². The monoisotopic (exact) mass is 411 g/mol. The number of hydrogen-bond donors (Lipinski definition) is 0. The molecule has 1 aliphatic rings. The van der Waals surface area contributed by atoms with Crippen molar-refractivity contribution in [2.45, 2.75) is 6.42 Å². The van der Waals surface area contributed by atoms with Gasteiger partial charge in [-0.3, -0.25) is 4.79 Å². The van der Waals surface area contributed by atoms with E-state index in [-0.39, 0.29) is 5.91 Å². The third kappa shape index (κ3) is 4.53. The molecule has 3 aromatic carbocycles. The number of rotatable bonds is 7. The molecule has 0 N–H and O–H groups in total. The summed E-state index contributed by atoms with van der Waals surface area (Å²) >= 11 is 0. The van der Waals surface area contributed by atoms with Crippen LogP contribution in [0.2, 0.25) is 0 Å². The summed E-state index contributed by atoms with van der Waals surface area (Å²) in [5.41, 5.74) is 4.70. The van der Waals surface area contributed by atoms with Crippen molar-refractivity contribution in [2.75, 3.05) is 20.8 Å². The molecule has 0 unspecified atom stereocenters. The van der Waals surface area contributed by atoms with E-state index >= 15 is 0 Å². The normalized spacial score (nSPS) is 14.6. The summed E-state index contributed by atoms with van der Waals surface area (Å²) < 4.78 is 10.7. The third-order valence-corrected chi connectivity index (χ3v) is 5.34. The molecule has 4 rings (SSSR count). The molecule has 1 amide bonds. The van der Waals surface area contributed by atoms with Crippen LogP contribution in [0.15, 0.2) is 90.5 Å². The van der Waals surface area contributed by atoms with Crippen molar-refractivity contribution in [3.63, 3.8) is 0 Å². The summed E-state index contributed by atoms with van der Waals surface area (Å²) in [6, 6.07) is 25.9. The van der Waals surface area contributed by atoms with Crippen molar-refractivity contribution in [1.82, 2.24) is 4.90 Å². The summed E-state index contributed by atoms with van der Waals surface area (Å²) in [6.07, 6.45) is 4.66. The maximum Gasteiger partial charge on any atom is 0.258 e. The second-order valence-electron chi connectivity index (χ2n) is 7.30. The van der Waals surface area contributed by atoms with Crippen LogP contribution < -0.4 is 9.47 Å². The number of hydrogen-bond acceptors (Lipinski definition) is 3. The molecule has 4 heteroatoms. The second-order valence-corrected chi connectivity index (χ2v) is 7.30. The van der Waals surface area contributed by atoms with Gasteiger partial charge in [-0.2, -0.15) is 0 Å². The number of carbonyl (C=O) groups excluding carboxylic acids is 1. The predicted molar refractivity (Wildman–Crippen MR) is 124 cm³/mol.